The molecule has 150 valence electrons. The van der Waals surface area contributed by atoms with Crippen LogP contribution in [0.15, 0.2) is 29.4 Å². The van der Waals surface area contributed by atoms with E-state index in [0.717, 1.165) is 5.75 Å². The molecular weight excluding hydrogens is 399 g/mol. The maximum Gasteiger partial charge on any atom is 0.437 e. The smallest absolute Gasteiger partial charge is 0.437 e. The van der Waals surface area contributed by atoms with Crippen LogP contribution in [0.1, 0.15) is 12.0 Å². The molecule has 0 unspecified atom stereocenters. The molecule has 0 fully saturated rings. The molecule has 0 amide bonds. The highest BCUT2D eigenvalue weighted by molar-refractivity contribution is 8.00. The van der Waals surface area contributed by atoms with Crippen molar-refractivity contribution in [2.24, 2.45) is 5.16 Å². The highest BCUT2D eigenvalue weighted by Gasteiger charge is 2.37. The van der Waals surface area contributed by atoms with Gasteiger partial charge in [-0.3, -0.25) is 4.55 Å². The number of rotatable bonds is 8. The van der Waals surface area contributed by atoms with Crippen LogP contribution >= 0.6 is 11.8 Å². The molecule has 0 saturated carbocycles. The monoisotopic (exact) mass is 419 g/mol. The van der Waals surface area contributed by atoms with Crippen LogP contribution in [0.5, 0.6) is 5.75 Å². The Hall–Kier alpha value is -1.50. The zero-order chi connectivity index (χ0) is 20.2. The number of methoxy groups -OCH3 is 1. The molecule has 0 bridgehead atoms. The van der Waals surface area contributed by atoms with Crippen LogP contribution in [0.2, 0.25) is 0 Å². The predicted molar refractivity (Wildman–Crippen MR) is 92.8 cm³/mol. The molecule has 0 spiro atoms. The van der Waals surface area contributed by atoms with Crippen LogP contribution in [0.4, 0.5) is 13.2 Å². The van der Waals surface area contributed by atoms with Crippen molar-refractivity contribution in [3.05, 3.63) is 29.8 Å². The molecule has 0 radical (unpaired) electrons. The summed E-state index contributed by atoms with van der Waals surface area (Å²) in [7, 11) is -2.39. The lowest BCUT2D eigenvalue weighted by atomic mass is 10.1. The molecule has 26 heavy (non-hydrogen) atoms. The van der Waals surface area contributed by atoms with Gasteiger partial charge in [0.05, 0.1) is 12.9 Å². The van der Waals surface area contributed by atoms with Crippen molar-refractivity contribution in [1.29, 1.82) is 0 Å². The van der Waals surface area contributed by atoms with E-state index >= 15 is 0 Å². The Labute approximate surface area is 153 Å². The number of benzene rings is 1. The second kappa shape index (κ2) is 12.0. The highest BCUT2D eigenvalue weighted by Crippen LogP contribution is 2.23. The second-order valence-electron chi connectivity index (χ2n) is 4.65. The van der Waals surface area contributed by atoms with Crippen LogP contribution in [0, 0.1) is 0 Å². The van der Waals surface area contributed by atoms with Gasteiger partial charge in [0.15, 0.2) is 5.71 Å². The summed E-state index contributed by atoms with van der Waals surface area (Å²) in [5.74, 6) is 1.34. The van der Waals surface area contributed by atoms with E-state index in [0.29, 0.717) is 17.9 Å². The summed E-state index contributed by atoms with van der Waals surface area (Å²) >= 11 is 1.41. The Morgan fingerprint density at radius 2 is 1.81 bits per heavy atom. The van der Waals surface area contributed by atoms with Gasteiger partial charge in [0.1, 0.15) is 5.75 Å². The maximum atomic E-state index is 12.3. The van der Waals surface area contributed by atoms with Crippen molar-refractivity contribution >= 4 is 27.6 Å². The minimum atomic E-state index is -4.68. The summed E-state index contributed by atoms with van der Waals surface area (Å²) in [5, 5.41) is 18.9. The maximum absolute atomic E-state index is 12.3. The number of aliphatic hydroxyl groups is 1. The summed E-state index contributed by atoms with van der Waals surface area (Å²) in [6.07, 6.45) is -4.01. The number of ether oxygens (including phenoxy) is 1. The van der Waals surface area contributed by atoms with Gasteiger partial charge in [-0.1, -0.05) is 5.16 Å². The van der Waals surface area contributed by atoms with Gasteiger partial charge in [0.2, 0.25) is 0 Å². The van der Waals surface area contributed by atoms with Crippen LogP contribution in [-0.2, 0) is 10.1 Å². The van der Waals surface area contributed by atoms with E-state index in [-0.39, 0.29) is 17.9 Å². The van der Waals surface area contributed by atoms with Crippen LogP contribution in [0.3, 0.4) is 0 Å². The topological polar surface area (TPSA) is 116 Å². The molecule has 0 aliphatic carbocycles. The minimum Gasteiger partial charge on any atom is -0.497 e. The number of nitrogens with zero attached hydrogens (tertiary/aromatic N) is 1. The summed E-state index contributed by atoms with van der Waals surface area (Å²) in [6.45, 7) is 0.124. The van der Waals surface area contributed by atoms with Gasteiger partial charge in [-0.05, 0) is 36.4 Å². The molecule has 3 N–H and O–H groups in total. The predicted octanol–water partition coefficient (Wildman–Crippen LogP) is 2.43. The van der Waals surface area contributed by atoms with Gasteiger partial charge in [-0.2, -0.15) is 33.4 Å². The average Bonchev–Trinajstić information content (AvgIpc) is 2.54. The quantitative estimate of drug-likeness (QED) is 0.195. The van der Waals surface area contributed by atoms with Crippen molar-refractivity contribution in [1.82, 2.24) is 0 Å². The van der Waals surface area contributed by atoms with E-state index in [1.165, 1.54) is 43.1 Å². The van der Waals surface area contributed by atoms with Gasteiger partial charge in [-0.25, -0.2) is 0 Å². The lowest BCUT2D eigenvalue weighted by molar-refractivity contribution is -0.0601. The Kier molecular flexibility index (Phi) is 11.3. The Morgan fingerprint density at radius 1 is 1.23 bits per heavy atom. The number of aliphatic hydroxyl groups excluding tert-OH is 1. The fourth-order valence-electron chi connectivity index (χ4n) is 1.46. The van der Waals surface area contributed by atoms with Gasteiger partial charge in [0.25, 0.3) is 10.1 Å². The standard InChI is InChI=1S/C9H8F3NO2.C5H12O4S2/c1-15-7-4-2-6(3-5-7)8(13-14)9(10,11)12;6-2-1-3-10-4-5-11(7,8)9/h2-5,14H,1H3;6H,1-5H2,(H,7,8,9)/b13-8-;. The molecule has 12 heteroatoms. The van der Waals surface area contributed by atoms with E-state index in [4.69, 9.17) is 19.6 Å². The zero-order valence-electron chi connectivity index (χ0n) is 13.8. The first kappa shape index (κ1) is 24.5. The molecule has 0 aliphatic rings. The van der Waals surface area contributed by atoms with Crippen LogP contribution in [-0.4, -0.2) is 66.1 Å². The van der Waals surface area contributed by atoms with Gasteiger partial charge in [-0.15, -0.1) is 0 Å². The largest absolute Gasteiger partial charge is 0.497 e. The first-order valence-electron chi connectivity index (χ1n) is 7.12. The van der Waals surface area contributed by atoms with Crippen molar-refractivity contribution in [2.45, 2.75) is 12.6 Å². The van der Waals surface area contributed by atoms with E-state index in [2.05, 4.69) is 5.16 Å². The summed E-state index contributed by atoms with van der Waals surface area (Å²) < 4.78 is 70.2. The van der Waals surface area contributed by atoms with Crippen LogP contribution < -0.4 is 4.74 Å². The molecular formula is C14H20F3NO6S2. The van der Waals surface area contributed by atoms with Crippen LogP contribution in [0.25, 0.3) is 0 Å². The zero-order valence-corrected chi connectivity index (χ0v) is 15.4. The normalized spacial score (nSPS) is 12.3. The lowest BCUT2D eigenvalue weighted by Gasteiger charge is -2.08. The summed E-state index contributed by atoms with van der Waals surface area (Å²) in [4.78, 5) is 0. The molecule has 0 aromatic heterocycles. The number of thioether (sulfide) groups is 1. The molecule has 1 aromatic rings. The molecule has 1 rings (SSSR count). The van der Waals surface area contributed by atoms with Gasteiger partial charge >= 0.3 is 6.18 Å². The van der Waals surface area contributed by atoms with Crippen molar-refractivity contribution < 1.29 is 41.2 Å². The fourth-order valence-corrected chi connectivity index (χ4v) is 3.31. The Bertz CT molecular complexity index is 648. The van der Waals surface area contributed by atoms with Crippen molar-refractivity contribution in [3.8, 4) is 5.75 Å². The molecule has 7 nitrogen and oxygen atoms in total. The third kappa shape index (κ3) is 11.2. The third-order valence-corrected chi connectivity index (χ3v) is 4.71. The average molecular weight is 419 g/mol. The number of oxime groups is 1. The molecule has 0 atom stereocenters. The number of hydrogen-bond acceptors (Lipinski definition) is 7. The number of halogens is 3. The van der Waals surface area contributed by atoms with Crippen molar-refractivity contribution in [3.63, 3.8) is 0 Å². The molecule has 1 aromatic carbocycles. The molecule has 0 saturated heterocycles. The molecule has 0 aliphatic heterocycles. The minimum absolute atomic E-state index is 0.124. The number of alkyl halides is 3. The Morgan fingerprint density at radius 3 is 2.19 bits per heavy atom. The SMILES string of the molecule is COc1ccc(/C(=N/O)C(F)(F)F)cc1.O=S(=O)(O)CCSCCCO. The fraction of sp³-hybridized carbons (Fsp3) is 0.500. The van der Waals surface area contributed by atoms with E-state index in [1.54, 1.807) is 0 Å². The summed E-state index contributed by atoms with van der Waals surface area (Å²) in [5.41, 5.74) is -1.55. The highest BCUT2D eigenvalue weighted by atomic mass is 32.2. The van der Waals surface area contributed by atoms with E-state index in [9.17, 15) is 21.6 Å². The second-order valence-corrected chi connectivity index (χ2v) is 7.45. The molecule has 0 heterocycles. The van der Waals surface area contributed by atoms with Crippen molar-refractivity contribution in [2.75, 3.05) is 31.0 Å². The lowest BCUT2D eigenvalue weighted by Crippen LogP contribution is -2.23. The van der Waals surface area contributed by atoms with E-state index < -0.39 is 22.0 Å². The first-order chi connectivity index (χ1) is 12.0. The van der Waals surface area contributed by atoms with E-state index in [1.807, 2.05) is 0 Å². The van der Waals surface area contributed by atoms with Gasteiger partial charge < -0.3 is 15.1 Å². The Balaban J connectivity index is 0.000000508. The summed E-state index contributed by atoms with van der Waals surface area (Å²) in [6, 6.07) is 5.04. The third-order valence-electron chi connectivity index (χ3n) is 2.66. The van der Waals surface area contributed by atoms with Gasteiger partial charge in [0, 0.05) is 17.9 Å². The first-order valence-corrected chi connectivity index (χ1v) is 9.89. The number of hydrogen-bond donors (Lipinski definition) is 3.